The van der Waals surface area contributed by atoms with Crippen molar-refractivity contribution in [3.05, 3.63) is 59.7 Å². The fourth-order valence-corrected chi connectivity index (χ4v) is 4.61. The average Bonchev–Trinajstić information content (AvgIpc) is 3.18. The third-order valence-electron chi connectivity index (χ3n) is 6.35. The number of hydrogen-bond acceptors (Lipinski definition) is 5. The number of benzene rings is 2. The second kappa shape index (κ2) is 12.6. The molecule has 0 heterocycles. The molecule has 0 saturated carbocycles. The molecule has 0 fully saturated rings. The number of carbonyl (C=O) groups is 3. The number of alkyl carbamates (subject to hydrolysis) is 2. The molecule has 2 N–H and O–H groups in total. The van der Waals surface area contributed by atoms with E-state index in [2.05, 4.69) is 34.9 Å². The molecule has 0 aromatic heterocycles. The molecule has 3 amide bonds. The first-order valence-corrected chi connectivity index (χ1v) is 13.0. The Kier molecular flexibility index (Phi) is 9.55. The number of nitrogens with one attached hydrogen (secondary N) is 2. The van der Waals surface area contributed by atoms with E-state index in [-0.39, 0.29) is 18.4 Å². The Morgan fingerprint density at radius 3 is 2.03 bits per heavy atom. The van der Waals surface area contributed by atoms with Crippen molar-refractivity contribution in [1.29, 1.82) is 0 Å². The quantitative estimate of drug-likeness (QED) is 0.436. The molecule has 0 bridgehead atoms. The normalized spacial score (nSPS) is 13.2. The van der Waals surface area contributed by atoms with Crippen LogP contribution in [0, 0.1) is 0 Å². The Bertz CT molecular complexity index is 1050. The summed E-state index contributed by atoms with van der Waals surface area (Å²) in [5.41, 5.74) is 3.99. The number of nitrogens with zero attached hydrogens (tertiary/aromatic N) is 1. The Morgan fingerprint density at radius 2 is 1.49 bits per heavy atom. The highest BCUT2D eigenvalue weighted by atomic mass is 16.6. The van der Waals surface area contributed by atoms with E-state index in [4.69, 9.17) is 9.47 Å². The Hall–Kier alpha value is -3.55. The van der Waals surface area contributed by atoms with Crippen molar-refractivity contribution >= 4 is 18.1 Å². The van der Waals surface area contributed by atoms with Gasteiger partial charge in [-0.05, 0) is 69.7 Å². The van der Waals surface area contributed by atoms with Crippen LogP contribution in [0.4, 0.5) is 9.59 Å². The molecule has 2 aromatic rings. The summed E-state index contributed by atoms with van der Waals surface area (Å²) >= 11 is 0. The minimum absolute atomic E-state index is 0.00717. The van der Waals surface area contributed by atoms with Gasteiger partial charge < -0.3 is 25.0 Å². The molecule has 2 aromatic carbocycles. The minimum atomic E-state index is -0.737. The first-order chi connectivity index (χ1) is 17.6. The highest BCUT2D eigenvalue weighted by Gasteiger charge is 2.29. The monoisotopic (exact) mass is 509 g/mol. The van der Waals surface area contributed by atoms with Crippen LogP contribution in [-0.2, 0) is 14.3 Å². The zero-order valence-corrected chi connectivity index (χ0v) is 22.5. The fourth-order valence-electron chi connectivity index (χ4n) is 4.61. The fraction of sp³-hybridized carbons (Fsp3) is 0.483. The van der Waals surface area contributed by atoms with Gasteiger partial charge in [-0.1, -0.05) is 48.5 Å². The topological polar surface area (TPSA) is 97.0 Å². The zero-order chi connectivity index (χ0) is 27.0. The third kappa shape index (κ3) is 7.47. The van der Waals surface area contributed by atoms with Gasteiger partial charge in [0.15, 0.2) is 0 Å². The molecule has 1 atom stereocenters. The molecule has 0 aliphatic heterocycles. The molecule has 1 aliphatic carbocycles. The van der Waals surface area contributed by atoms with Gasteiger partial charge in [0.1, 0.15) is 18.2 Å². The second-order valence-corrected chi connectivity index (χ2v) is 10.1. The Morgan fingerprint density at radius 1 is 0.919 bits per heavy atom. The maximum absolute atomic E-state index is 12.9. The van der Waals surface area contributed by atoms with Gasteiger partial charge in [0, 0.05) is 25.6 Å². The predicted octanol–water partition coefficient (Wildman–Crippen LogP) is 5.07. The summed E-state index contributed by atoms with van der Waals surface area (Å²) in [6, 6.07) is 15.6. The number of carbonyl (C=O) groups excluding carboxylic acids is 3. The van der Waals surface area contributed by atoms with Crippen molar-refractivity contribution in [3.63, 3.8) is 0 Å². The van der Waals surface area contributed by atoms with Crippen LogP contribution in [0.2, 0.25) is 0 Å². The van der Waals surface area contributed by atoms with Gasteiger partial charge in [-0.25, -0.2) is 9.59 Å². The summed E-state index contributed by atoms with van der Waals surface area (Å²) in [4.78, 5) is 39.3. The molecule has 200 valence electrons. The number of likely N-dealkylation sites (N-methyl/N-ethyl adjacent to an activating group) is 1. The van der Waals surface area contributed by atoms with E-state index in [1.54, 1.807) is 25.7 Å². The number of amides is 3. The Balaban J connectivity index is 1.51. The van der Waals surface area contributed by atoms with E-state index in [0.717, 1.165) is 11.1 Å². The largest absolute Gasteiger partial charge is 0.449 e. The molecule has 37 heavy (non-hydrogen) atoms. The summed E-state index contributed by atoms with van der Waals surface area (Å²) in [6.07, 6.45) is -0.299. The smallest absolute Gasteiger partial charge is 0.408 e. The minimum Gasteiger partial charge on any atom is -0.449 e. The number of hydrogen-bond donors (Lipinski definition) is 2. The first kappa shape index (κ1) is 28.0. The van der Waals surface area contributed by atoms with E-state index in [0.29, 0.717) is 32.5 Å². The van der Waals surface area contributed by atoms with Crippen molar-refractivity contribution < 1.29 is 23.9 Å². The lowest BCUT2D eigenvalue weighted by atomic mass is 9.98. The Labute approximate surface area is 219 Å². The van der Waals surface area contributed by atoms with Crippen molar-refractivity contribution in [3.8, 4) is 11.1 Å². The van der Waals surface area contributed by atoms with Crippen LogP contribution in [0.3, 0.4) is 0 Å². The summed E-state index contributed by atoms with van der Waals surface area (Å²) in [5.74, 6) is -0.177. The predicted molar refractivity (Wildman–Crippen MR) is 143 cm³/mol. The van der Waals surface area contributed by atoms with E-state index in [1.807, 2.05) is 38.1 Å². The maximum Gasteiger partial charge on any atom is 0.408 e. The molecule has 8 heteroatoms. The van der Waals surface area contributed by atoms with Gasteiger partial charge in [-0.15, -0.1) is 0 Å². The molecule has 0 saturated heterocycles. The molecule has 1 aliphatic rings. The lowest BCUT2D eigenvalue weighted by Crippen LogP contribution is -2.49. The first-order valence-electron chi connectivity index (χ1n) is 13.0. The summed E-state index contributed by atoms with van der Waals surface area (Å²) in [7, 11) is 0. The van der Waals surface area contributed by atoms with Crippen molar-refractivity contribution in [2.45, 2.75) is 65.0 Å². The van der Waals surface area contributed by atoms with Gasteiger partial charge in [0.25, 0.3) is 0 Å². The number of rotatable bonds is 10. The van der Waals surface area contributed by atoms with Crippen LogP contribution in [0.1, 0.15) is 64.5 Å². The maximum atomic E-state index is 12.9. The van der Waals surface area contributed by atoms with Crippen LogP contribution in [0.5, 0.6) is 0 Å². The van der Waals surface area contributed by atoms with Crippen LogP contribution in [0.25, 0.3) is 11.1 Å². The van der Waals surface area contributed by atoms with Crippen molar-refractivity contribution in [2.24, 2.45) is 0 Å². The van der Waals surface area contributed by atoms with Gasteiger partial charge in [0.2, 0.25) is 5.91 Å². The van der Waals surface area contributed by atoms with E-state index >= 15 is 0 Å². The van der Waals surface area contributed by atoms with Crippen molar-refractivity contribution in [2.75, 3.05) is 26.2 Å². The highest BCUT2D eigenvalue weighted by molar-refractivity contribution is 5.85. The average molecular weight is 510 g/mol. The molecular weight excluding hydrogens is 470 g/mol. The van der Waals surface area contributed by atoms with E-state index in [1.165, 1.54) is 11.1 Å². The van der Waals surface area contributed by atoms with Gasteiger partial charge in [0.05, 0.1) is 0 Å². The van der Waals surface area contributed by atoms with Gasteiger partial charge in [-0.3, -0.25) is 4.79 Å². The molecule has 0 radical (unpaired) electrons. The summed E-state index contributed by atoms with van der Waals surface area (Å²) < 4.78 is 10.9. The van der Waals surface area contributed by atoms with Crippen LogP contribution in [0.15, 0.2) is 48.5 Å². The standard InChI is InChI=1S/C29H39N3O5/c1-6-32(7-2)26(33)25(31-28(35)37-29(3,4)5)17-12-18-30-27(34)36-19-24-22-15-10-8-13-20(22)21-14-9-11-16-23(21)24/h8-11,13-16,24-25H,6-7,12,17-19H2,1-5H3,(H,30,34)(H,31,35)/t25-/m0/s1. The lowest BCUT2D eigenvalue weighted by Gasteiger charge is -2.27. The summed E-state index contributed by atoms with van der Waals surface area (Å²) in [6.45, 7) is 10.7. The van der Waals surface area contributed by atoms with Crippen LogP contribution >= 0.6 is 0 Å². The summed E-state index contributed by atoms with van der Waals surface area (Å²) in [5, 5.41) is 5.46. The number of fused-ring (bicyclic) bond motifs is 3. The van der Waals surface area contributed by atoms with Crippen LogP contribution < -0.4 is 10.6 Å². The zero-order valence-electron chi connectivity index (χ0n) is 22.5. The highest BCUT2D eigenvalue weighted by Crippen LogP contribution is 2.44. The number of ether oxygens (including phenoxy) is 2. The molecule has 8 nitrogen and oxygen atoms in total. The van der Waals surface area contributed by atoms with E-state index < -0.39 is 23.8 Å². The van der Waals surface area contributed by atoms with Crippen molar-refractivity contribution in [1.82, 2.24) is 15.5 Å². The lowest BCUT2D eigenvalue weighted by molar-refractivity contribution is -0.133. The second-order valence-electron chi connectivity index (χ2n) is 10.1. The SMILES string of the molecule is CCN(CC)C(=O)[C@H](CCCNC(=O)OCC1c2ccccc2-c2ccccc21)NC(=O)OC(C)(C)C. The molecular formula is C29H39N3O5. The molecule has 0 spiro atoms. The van der Waals surface area contributed by atoms with Gasteiger partial charge >= 0.3 is 12.2 Å². The van der Waals surface area contributed by atoms with E-state index in [9.17, 15) is 14.4 Å². The van der Waals surface area contributed by atoms with Crippen LogP contribution in [-0.4, -0.2) is 60.9 Å². The van der Waals surface area contributed by atoms with Gasteiger partial charge in [-0.2, -0.15) is 0 Å². The third-order valence-corrected chi connectivity index (χ3v) is 6.35. The molecule has 3 rings (SSSR count). The molecule has 0 unspecified atom stereocenters.